The van der Waals surface area contributed by atoms with Crippen molar-refractivity contribution in [2.24, 2.45) is 0 Å². The van der Waals surface area contributed by atoms with Gasteiger partial charge in [0, 0.05) is 21.6 Å². The van der Waals surface area contributed by atoms with Gasteiger partial charge in [0.1, 0.15) is 12.2 Å². The smallest absolute Gasteiger partial charge is 0.253 e. The molecule has 8 heteroatoms. The van der Waals surface area contributed by atoms with E-state index in [1.165, 1.54) is 4.90 Å². The number of para-hydroxylation sites is 1. The van der Waals surface area contributed by atoms with E-state index in [-0.39, 0.29) is 25.4 Å². The topological polar surface area (TPSA) is 89.0 Å². The zero-order valence-electron chi connectivity index (χ0n) is 12.6. The molecule has 1 unspecified atom stereocenters. The lowest BCUT2D eigenvalue weighted by Crippen LogP contribution is -2.42. The molecule has 6 nitrogen and oxygen atoms in total. The number of rotatable bonds is 3. The maximum absolute atomic E-state index is 13.4. The van der Waals surface area contributed by atoms with Crippen LogP contribution in [0.5, 0.6) is 0 Å². The maximum atomic E-state index is 13.4. The van der Waals surface area contributed by atoms with E-state index in [2.05, 4.69) is 32.9 Å². The van der Waals surface area contributed by atoms with Crippen LogP contribution >= 0.6 is 22.6 Å². The summed E-state index contributed by atoms with van der Waals surface area (Å²) >= 11 is 2.17. The number of hydrogen-bond donors (Lipinski definition) is 2. The number of halogens is 2. The van der Waals surface area contributed by atoms with Crippen LogP contribution in [0.1, 0.15) is 16.8 Å². The van der Waals surface area contributed by atoms with Gasteiger partial charge in [-0.2, -0.15) is 5.26 Å². The zero-order chi connectivity index (χ0) is 17.3. The van der Waals surface area contributed by atoms with Gasteiger partial charge in [0.15, 0.2) is 0 Å². The van der Waals surface area contributed by atoms with Gasteiger partial charge in [-0.25, -0.2) is 4.39 Å². The van der Waals surface area contributed by atoms with E-state index < -0.39 is 18.1 Å². The minimum atomic E-state index is -1.19. The molecule has 1 aromatic heterocycles. The van der Waals surface area contributed by atoms with Gasteiger partial charge >= 0.3 is 0 Å². The van der Waals surface area contributed by atoms with Crippen molar-refractivity contribution in [3.63, 3.8) is 0 Å². The molecule has 3 rings (SSSR count). The van der Waals surface area contributed by atoms with Crippen molar-refractivity contribution in [3.05, 3.63) is 33.5 Å². The van der Waals surface area contributed by atoms with E-state index in [0.29, 0.717) is 5.56 Å². The molecule has 2 heterocycles. The van der Waals surface area contributed by atoms with Crippen LogP contribution in [-0.4, -0.2) is 47.0 Å². The summed E-state index contributed by atoms with van der Waals surface area (Å²) in [6.07, 6.45) is 0.430. The normalized spacial score (nSPS) is 20.1. The third-order valence-corrected chi connectivity index (χ3v) is 4.93. The predicted molar refractivity (Wildman–Crippen MR) is 94.0 cm³/mol. The molecule has 24 heavy (non-hydrogen) atoms. The Labute approximate surface area is 151 Å². The largest absolute Gasteiger partial charge is 0.360 e. The number of nitrogens with zero attached hydrogens (tertiary/aromatic N) is 2. The number of H-pyrrole nitrogens is 1. The van der Waals surface area contributed by atoms with Crippen LogP contribution in [0.3, 0.4) is 0 Å². The molecule has 1 aliphatic rings. The molecule has 2 amide bonds. The first-order valence-corrected chi connectivity index (χ1v) is 8.46. The Morgan fingerprint density at radius 1 is 1.50 bits per heavy atom. The van der Waals surface area contributed by atoms with Crippen molar-refractivity contribution in [1.29, 1.82) is 5.26 Å². The lowest BCUT2D eigenvalue weighted by molar-refractivity contribution is -0.130. The number of hydrogen-bond acceptors (Lipinski definition) is 3. The molecule has 2 N–H and O–H groups in total. The first-order chi connectivity index (χ1) is 11.5. The van der Waals surface area contributed by atoms with Gasteiger partial charge in [0.05, 0.1) is 30.2 Å². The Balaban J connectivity index is 1.68. The second-order valence-corrected chi connectivity index (χ2v) is 6.73. The summed E-state index contributed by atoms with van der Waals surface area (Å²) in [7, 11) is 0. The molecule has 2 atom stereocenters. The van der Waals surface area contributed by atoms with Crippen molar-refractivity contribution in [2.75, 3.05) is 13.1 Å². The van der Waals surface area contributed by atoms with Gasteiger partial charge in [-0.1, -0.05) is 12.1 Å². The summed E-state index contributed by atoms with van der Waals surface area (Å²) in [5, 5.41) is 12.3. The number of aromatic nitrogens is 1. The molecule has 1 fully saturated rings. The monoisotopic (exact) mass is 440 g/mol. The Morgan fingerprint density at radius 2 is 2.29 bits per heavy atom. The van der Waals surface area contributed by atoms with Gasteiger partial charge in [0.25, 0.3) is 5.91 Å². The summed E-state index contributed by atoms with van der Waals surface area (Å²) in [6, 6.07) is 6.75. The first kappa shape index (κ1) is 16.7. The highest BCUT2D eigenvalue weighted by atomic mass is 127. The molecular formula is C16H14FIN4O2. The third-order valence-electron chi connectivity index (χ3n) is 4.03. The molecule has 0 bridgehead atoms. The second-order valence-electron chi connectivity index (χ2n) is 5.57. The van der Waals surface area contributed by atoms with Gasteiger partial charge in [-0.3, -0.25) is 9.59 Å². The fraction of sp³-hybridized carbons (Fsp3) is 0.312. The van der Waals surface area contributed by atoms with Crippen LogP contribution in [0, 0.1) is 14.9 Å². The van der Waals surface area contributed by atoms with Crippen molar-refractivity contribution in [2.45, 2.75) is 18.6 Å². The minimum Gasteiger partial charge on any atom is -0.360 e. The van der Waals surface area contributed by atoms with Crippen molar-refractivity contribution in [1.82, 2.24) is 15.2 Å². The molecule has 124 valence electrons. The van der Waals surface area contributed by atoms with Crippen LogP contribution in [0.25, 0.3) is 10.9 Å². The fourth-order valence-electron chi connectivity index (χ4n) is 2.84. The van der Waals surface area contributed by atoms with E-state index in [0.717, 1.165) is 14.5 Å². The average Bonchev–Trinajstić information content (AvgIpc) is 3.16. The number of amides is 2. The first-order valence-electron chi connectivity index (χ1n) is 7.38. The summed E-state index contributed by atoms with van der Waals surface area (Å²) in [5.41, 5.74) is 1.30. The molecule has 0 saturated carbocycles. The van der Waals surface area contributed by atoms with Gasteiger partial charge in [-0.15, -0.1) is 0 Å². The Hall–Kier alpha value is -2.15. The molecule has 1 aliphatic heterocycles. The van der Waals surface area contributed by atoms with Gasteiger partial charge in [0.2, 0.25) is 5.91 Å². The highest BCUT2D eigenvalue weighted by Gasteiger charge is 2.35. The highest BCUT2D eigenvalue weighted by Crippen LogP contribution is 2.23. The number of nitriles is 1. The molecule has 0 spiro atoms. The number of fused-ring (bicyclic) bond motifs is 1. The number of aromatic amines is 1. The van der Waals surface area contributed by atoms with Crippen LogP contribution in [0.4, 0.5) is 4.39 Å². The summed E-state index contributed by atoms with van der Waals surface area (Å²) in [5.74, 6) is -0.842. The van der Waals surface area contributed by atoms with Crippen molar-refractivity contribution in [3.8, 4) is 6.07 Å². The number of carbonyl (C=O) groups excluding carboxylic acids is 2. The quantitative estimate of drug-likeness (QED) is 0.716. The number of carbonyl (C=O) groups is 2. The number of alkyl halides is 1. The number of benzene rings is 1. The van der Waals surface area contributed by atoms with Crippen LogP contribution < -0.4 is 5.32 Å². The Morgan fingerprint density at radius 3 is 3.04 bits per heavy atom. The molecule has 1 saturated heterocycles. The van der Waals surface area contributed by atoms with Crippen molar-refractivity contribution >= 4 is 45.3 Å². The fourth-order valence-corrected chi connectivity index (χ4v) is 3.49. The zero-order valence-corrected chi connectivity index (χ0v) is 14.7. The second kappa shape index (κ2) is 6.76. The summed E-state index contributed by atoms with van der Waals surface area (Å²) in [6.45, 7) is -0.363. The molecule has 1 aromatic carbocycles. The van der Waals surface area contributed by atoms with Crippen molar-refractivity contribution < 1.29 is 14.0 Å². The maximum Gasteiger partial charge on any atom is 0.253 e. The standard InChI is InChI=1S/C16H14FIN4O2/c17-9-4-10(5-19)22(8-9)14(23)7-21-16(24)12-6-20-15-11(12)2-1-3-13(15)18/h1-3,6,9-10,20H,4,7-8H2,(H,21,24)/t9?,10-/m0/s1. The molecule has 0 aliphatic carbocycles. The molecule has 0 radical (unpaired) electrons. The van der Waals surface area contributed by atoms with Gasteiger partial charge in [-0.05, 0) is 28.7 Å². The molecular weight excluding hydrogens is 426 g/mol. The predicted octanol–water partition coefficient (Wildman–Crippen LogP) is 1.96. The molecule has 2 aromatic rings. The van der Waals surface area contributed by atoms with Crippen LogP contribution in [-0.2, 0) is 4.79 Å². The average molecular weight is 440 g/mol. The summed E-state index contributed by atoms with van der Waals surface area (Å²) in [4.78, 5) is 28.7. The summed E-state index contributed by atoms with van der Waals surface area (Å²) < 4.78 is 14.4. The third kappa shape index (κ3) is 3.08. The highest BCUT2D eigenvalue weighted by molar-refractivity contribution is 14.1. The van der Waals surface area contributed by atoms with E-state index in [1.807, 2.05) is 24.3 Å². The lowest BCUT2D eigenvalue weighted by atomic mass is 10.1. The van der Waals surface area contributed by atoms with Gasteiger partial charge < -0.3 is 15.2 Å². The SMILES string of the molecule is N#C[C@@H]1CC(F)CN1C(=O)CNC(=O)c1c[nH]c2c(I)cccc12. The number of likely N-dealkylation sites (tertiary alicyclic amines) is 1. The minimum absolute atomic E-state index is 0.0249. The van der Waals surface area contributed by atoms with E-state index in [4.69, 9.17) is 5.26 Å². The number of nitrogens with one attached hydrogen (secondary N) is 2. The Kier molecular flexibility index (Phi) is 4.71. The Bertz CT molecular complexity index is 844. The van der Waals surface area contributed by atoms with Crippen LogP contribution in [0.2, 0.25) is 0 Å². The van der Waals surface area contributed by atoms with Crippen LogP contribution in [0.15, 0.2) is 24.4 Å². The van der Waals surface area contributed by atoms with E-state index >= 15 is 0 Å². The van der Waals surface area contributed by atoms with E-state index in [9.17, 15) is 14.0 Å². The lowest BCUT2D eigenvalue weighted by Gasteiger charge is -2.19. The van der Waals surface area contributed by atoms with E-state index in [1.54, 1.807) is 6.20 Å².